The van der Waals surface area contributed by atoms with Crippen LogP contribution in [0.1, 0.15) is 24.0 Å². The molecule has 1 amide bonds. The number of benzene rings is 2. The summed E-state index contributed by atoms with van der Waals surface area (Å²) in [6.07, 6.45) is 1.76. The molecule has 1 fully saturated rings. The highest BCUT2D eigenvalue weighted by atomic mass is 35.5. The van der Waals surface area contributed by atoms with Gasteiger partial charge in [-0.3, -0.25) is 4.79 Å². The predicted octanol–water partition coefficient (Wildman–Crippen LogP) is 4.27. The Balaban J connectivity index is 0.00000240. The second-order valence-corrected chi connectivity index (χ2v) is 7.39. The Morgan fingerprint density at radius 1 is 1.10 bits per heavy atom. The predicted molar refractivity (Wildman–Crippen MR) is 119 cm³/mol. The lowest BCUT2D eigenvalue weighted by Gasteiger charge is -2.21. The minimum absolute atomic E-state index is 0. The van der Waals surface area contributed by atoms with Crippen molar-refractivity contribution in [2.24, 2.45) is 5.92 Å². The lowest BCUT2D eigenvalue weighted by molar-refractivity contribution is -0.120. The van der Waals surface area contributed by atoms with Crippen LogP contribution in [0, 0.1) is 12.8 Å². The van der Waals surface area contributed by atoms with E-state index in [0.717, 1.165) is 48.6 Å². The van der Waals surface area contributed by atoms with Gasteiger partial charge in [0.1, 0.15) is 5.82 Å². The number of halogens is 1. The molecule has 2 N–H and O–H groups in total. The van der Waals surface area contributed by atoms with E-state index in [0.29, 0.717) is 6.54 Å². The van der Waals surface area contributed by atoms with Gasteiger partial charge in [-0.15, -0.1) is 12.4 Å². The Hall–Kier alpha value is -2.63. The van der Waals surface area contributed by atoms with Crippen LogP contribution in [-0.4, -0.2) is 28.8 Å². The molecule has 3 aromatic rings. The molecule has 1 aromatic heterocycles. The highest BCUT2D eigenvalue weighted by Gasteiger charge is 2.22. The van der Waals surface area contributed by atoms with Gasteiger partial charge in [-0.2, -0.15) is 5.10 Å². The molecule has 0 bridgehead atoms. The number of nitrogens with zero attached hydrogens (tertiary/aromatic N) is 2. The zero-order chi connectivity index (χ0) is 19.3. The van der Waals surface area contributed by atoms with Crippen molar-refractivity contribution in [1.82, 2.24) is 15.1 Å². The Kier molecular flexibility index (Phi) is 7.07. The number of carbonyl (C=O) groups is 1. The smallest absolute Gasteiger partial charge is 0.228 e. The minimum Gasteiger partial charge on any atom is -0.317 e. The van der Waals surface area contributed by atoms with Gasteiger partial charge < -0.3 is 10.6 Å². The molecule has 6 heteroatoms. The molecule has 29 heavy (non-hydrogen) atoms. The van der Waals surface area contributed by atoms with E-state index in [1.807, 2.05) is 41.1 Å². The highest BCUT2D eigenvalue weighted by molar-refractivity contribution is 5.92. The first-order valence-electron chi connectivity index (χ1n) is 9.90. The average molecular weight is 411 g/mol. The summed E-state index contributed by atoms with van der Waals surface area (Å²) in [4.78, 5) is 12.8. The molecular formula is C23H27ClN4O. The zero-order valence-electron chi connectivity index (χ0n) is 16.6. The molecule has 1 saturated heterocycles. The van der Waals surface area contributed by atoms with Crippen molar-refractivity contribution in [1.29, 1.82) is 0 Å². The molecule has 2 aromatic carbocycles. The van der Waals surface area contributed by atoms with Crippen molar-refractivity contribution in [2.75, 3.05) is 18.4 Å². The van der Waals surface area contributed by atoms with Crippen molar-refractivity contribution < 1.29 is 4.79 Å². The number of nitrogens with one attached hydrogen (secondary N) is 2. The van der Waals surface area contributed by atoms with E-state index in [-0.39, 0.29) is 24.2 Å². The van der Waals surface area contributed by atoms with Gasteiger partial charge in [-0.05, 0) is 44.0 Å². The Bertz CT molecular complexity index is 949. The summed E-state index contributed by atoms with van der Waals surface area (Å²) in [5, 5.41) is 11.3. The topological polar surface area (TPSA) is 59.0 Å². The van der Waals surface area contributed by atoms with Gasteiger partial charge in [-0.25, -0.2) is 4.68 Å². The number of hydrogen-bond donors (Lipinski definition) is 2. The molecule has 0 aliphatic carbocycles. The third-order valence-corrected chi connectivity index (χ3v) is 5.34. The molecule has 5 nitrogen and oxygen atoms in total. The lowest BCUT2D eigenvalue weighted by atomic mass is 9.97. The molecule has 1 aliphatic rings. The van der Waals surface area contributed by atoms with Crippen LogP contribution in [0.3, 0.4) is 0 Å². The third-order valence-electron chi connectivity index (χ3n) is 5.34. The van der Waals surface area contributed by atoms with Gasteiger partial charge in [0.2, 0.25) is 5.91 Å². The van der Waals surface area contributed by atoms with E-state index in [1.165, 1.54) is 5.56 Å². The van der Waals surface area contributed by atoms with Gasteiger partial charge in [0.05, 0.1) is 12.2 Å². The van der Waals surface area contributed by atoms with Gasteiger partial charge in [0.25, 0.3) is 0 Å². The van der Waals surface area contributed by atoms with Crippen molar-refractivity contribution in [2.45, 2.75) is 26.3 Å². The van der Waals surface area contributed by atoms with Crippen LogP contribution in [-0.2, 0) is 11.3 Å². The minimum atomic E-state index is 0. The summed E-state index contributed by atoms with van der Waals surface area (Å²) in [5.41, 5.74) is 4.30. The SMILES string of the molecule is Cc1ccccc1-c1cc(NC(=O)C2CCNCC2)n(Cc2ccccc2)n1.Cl. The van der Waals surface area contributed by atoms with Gasteiger partial charge in [0.15, 0.2) is 0 Å². The second-order valence-electron chi connectivity index (χ2n) is 7.39. The third kappa shape index (κ3) is 5.05. The molecule has 4 rings (SSSR count). The number of hydrogen-bond acceptors (Lipinski definition) is 3. The number of aromatic nitrogens is 2. The first-order valence-corrected chi connectivity index (χ1v) is 9.90. The molecule has 2 heterocycles. The van der Waals surface area contributed by atoms with Crippen LogP contribution in [0.4, 0.5) is 5.82 Å². The van der Waals surface area contributed by atoms with Crippen LogP contribution in [0.25, 0.3) is 11.3 Å². The molecule has 1 aliphatic heterocycles. The molecule has 0 radical (unpaired) electrons. The molecule has 0 atom stereocenters. The first kappa shape index (κ1) is 21.1. The van der Waals surface area contributed by atoms with Crippen molar-refractivity contribution >= 4 is 24.1 Å². The summed E-state index contributed by atoms with van der Waals surface area (Å²) in [7, 11) is 0. The van der Waals surface area contributed by atoms with E-state index >= 15 is 0 Å². The van der Waals surface area contributed by atoms with Crippen LogP contribution in [0.15, 0.2) is 60.7 Å². The fourth-order valence-corrected chi connectivity index (χ4v) is 3.70. The maximum Gasteiger partial charge on any atom is 0.228 e. The Morgan fingerprint density at radius 3 is 2.52 bits per heavy atom. The maximum absolute atomic E-state index is 12.8. The van der Waals surface area contributed by atoms with Crippen LogP contribution < -0.4 is 10.6 Å². The summed E-state index contributed by atoms with van der Waals surface area (Å²) in [6.45, 7) is 4.50. The Labute approximate surface area is 177 Å². The largest absolute Gasteiger partial charge is 0.317 e. The second kappa shape index (κ2) is 9.72. The van der Waals surface area contributed by atoms with E-state index in [1.54, 1.807) is 0 Å². The number of rotatable bonds is 5. The van der Waals surface area contributed by atoms with E-state index < -0.39 is 0 Å². The quantitative estimate of drug-likeness (QED) is 0.660. The van der Waals surface area contributed by atoms with Crippen LogP contribution in [0.2, 0.25) is 0 Å². The van der Waals surface area contributed by atoms with Crippen LogP contribution in [0.5, 0.6) is 0 Å². The van der Waals surface area contributed by atoms with Gasteiger partial charge in [-0.1, -0.05) is 54.6 Å². The fraction of sp³-hybridized carbons (Fsp3) is 0.304. The van der Waals surface area contributed by atoms with Crippen molar-refractivity contribution in [3.63, 3.8) is 0 Å². The summed E-state index contributed by atoms with van der Waals surface area (Å²) in [6, 6.07) is 20.4. The van der Waals surface area contributed by atoms with E-state index in [4.69, 9.17) is 5.10 Å². The molecule has 152 valence electrons. The number of anilines is 1. The summed E-state index contributed by atoms with van der Waals surface area (Å²) < 4.78 is 1.90. The van der Waals surface area contributed by atoms with E-state index in [2.05, 4.69) is 41.8 Å². The average Bonchev–Trinajstić information content (AvgIpc) is 3.11. The molecular weight excluding hydrogens is 384 g/mol. The van der Waals surface area contributed by atoms with E-state index in [9.17, 15) is 4.79 Å². The molecule has 0 unspecified atom stereocenters. The fourth-order valence-electron chi connectivity index (χ4n) is 3.70. The summed E-state index contributed by atoms with van der Waals surface area (Å²) in [5.74, 6) is 0.904. The highest BCUT2D eigenvalue weighted by Crippen LogP contribution is 2.26. The first-order chi connectivity index (χ1) is 13.7. The molecule has 0 saturated carbocycles. The van der Waals surface area contributed by atoms with Crippen LogP contribution >= 0.6 is 12.4 Å². The number of aryl methyl sites for hydroxylation is 1. The summed E-state index contributed by atoms with van der Waals surface area (Å²) >= 11 is 0. The Morgan fingerprint density at radius 2 is 1.79 bits per heavy atom. The zero-order valence-corrected chi connectivity index (χ0v) is 17.4. The monoisotopic (exact) mass is 410 g/mol. The number of amides is 1. The standard InChI is InChI=1S/C23H26N4O.ClH/c1-17-7-5-6-10-20(17)21-15-22(25-23(28)19-11-13-24-14-12-19)27(26-21)16-18-8-3-2-4-9-18;/h2-10,15,19,24H,11-14,16H2,1H3,(H,25,28);1H. The van der Waals surface area contributed by atoms with Gasteiger partial charge >= 0.3 is 0 Å². The molecule has 0 spiro atoms. The van der Waals surface area contributed by atoms with Crippen molar-refractivity contribution in [3.05, 3.63) is 71.8 Å². The normalized spacial score (nSPS) is 14.2. The maximum atomic E-state index is 12.8. The lowest BCUT2D eigenvalue weighted by Crippen LogP contribution is -2.35. The van der Waals surface area contributed by atoms with Gasteiger partial charge in [0, 0.05) is 17.5 Å². The number of piperidine rings is 1. The number of carbonyl (C=O) groups excluding carboxylic acids is 1. The van der Waals surface area contributed by atoms with Crippen molar-refractivity contribution in [3.8, 4) is 11.3 Å².